The van der Waals surface area contributed by atoms with Crippen molar-refractivity contribution < 1.29 is 4.74 Å². The quantitative estimate of drug-likeness (QED) is 0.849. The third kappa shape index (κ3) is 2.61. The van der Waals surface area contributed by atoms with Crippen LogP contribution in [-0.4, -0.2) is 35.2 Å². The molecule has 4 rings (SSSR count). The number of aliphatic imine (C=N–C) groups is 1. The summed E-state index contributed by atoms with van der Waals surface area (Å²) in [6, 6.07) is 0.426. The summed E-state index contributed by atoms with van der Waals surface area (Å²) in [6.07, 6.45) is 9.66. The Morgan fingerprint density at radius 1 is 1.20 bits per heavy atom. The lowest BCUT2D eigenvalue weighted by Gasteiger charge is -2.35. The second-order valence-electron chi connectivity index (χ2n) is 7.34. The minimum atomic E-state index is 0.366. The van der Waals surface area contributed by atoms with Crippen LogP contribution in [0, 0.1) is 11.8 Å². The summed E-state index contributed by atoms with van der Waals surface area (Å²) < 4.78 is 5.91. The molecule has 2 saturated heterocycles. The summed E-state index contributed by atoms with van der Waals surface area (Å²) in [5.74, 6) is 2.94. The molecular weight excluding hydrogens is 268 g/mol. The first-order valence-electron chi connectivity index (χ1n) is 8.34. The van der Waals surface area contributed by atoms with Gasteiger partial charge in [0.15, 0.2) is 5.17 Å². The largest absolute Gasteiger partial charge is 0.376 e. The number of hydrogen-bond acceptors (Lipinski definition) is 3. The van der Waals surface area contributed by atoms with Crippen molar-refractivity contribution in [1.82, 2.24) is 5.32 Å². The van der Waals surface area contributed by atoms with Crippen LogP contribution in [0.15, 0.2) is 4.99 Å². The summed E-state index contributed by atoms with van der Waals surface area (Å²) in [4.78, 5) is 5.03. The predicted octanol–water partition coefficient (Wildman–Crippen LogP) is 3.20. The van der Waals surface area contributed by atoms with Gasteiger partial charge < -0.3 is 10.1 Å². The summed E-state index contributed by atoms with van der Waals surface area (Å²) in [5.41, 5.74) is 0.366. The summed E-state index contributed by atoms with van der Waals surface area (Å²) >= 11 is 1.95. The lowest BCUT2D eigenvalue weighted by molar-refractivity contribution is 0.0875. The molecule has 3 nitrogen and oxygen atoms in total. The van der Waals surface area contributed by atoms with Crippen LogP contribution in [0.1, 0.15) is 51.9 Å². The lowest BCUT2D eigenvalue weighted by Crippen LogP contribution is -2.46. The molecule has 1 N–H and O–H groups in total. The van der Waals surface area contributed by atoms with Gasteiger partial charge in [0, 0.05) is 17.9 Å². The Bertz CT molecular complexity index is 399. The maximum absolute atomic E-state index is 5.91. The molecule has 2 atom stereocenters. The molecule has 0 aromatic heterocycles. The van der Waals surface area contributed by atoms with Crippen LogP contribution < -0.4 is 5.32 Å². The maximum Gasteiger partial charge on any atom is 0.157 e. The molecule has 112 valence electrons. The molecule has 2 aliphatic heterocycles. The Labute approximate surface area is 126 Å². The SMILES string of the molecule is CC1CCC2(CC1)CSC(=NC1CCOC1C1CC1)N2. The number of hydrogen-bond donors (Lipinski definition) is 1. The van der Waals surface area contributed by atoms with Crippen LogP contribution in [-0.2, 0) is 4.74 Å². The van der Waals surface area contributed by atoms with Gasteiger partial charge in [-0.25, -0.2) is 0 Å². The number of amidine groups is 1. The van der Waals surface area contributed by atoms with Crippen molar-refractivity contribution in [2.45, 2.75) is 69.6 Å². The van der Waals surface area contributed by atoms with E-state index in [1.54, 1.807) is 0 Å². The van der Waals surface area contributed by atoms with Crippen molar-refractivity contribution >= 4 is 16.9 Å². The van der Waals surface area contributed by atoms with Gasteiger partial charge in [0.05, 0.1) is 12.1 Å². The molecule has 2 heterocycles. The highest BCUT2D eigenvalue weighted by Gasteiger charge is 2.43. The fourth-order valence-corrected chi connectivity index (χ4v) is 5.20. The van der Waals surface area contributed by atoms with Gasteiger partial charge in [-0.3, -0.25) is 4.99 Å². The standard InChI is InChI=1S/C16H26N2OS/c1-11-4-7-16(8-5-11)10-20-15(18-16)17-13-6-9-19-14(13)12-2-3-12/h11-14H,2-10H2,1H3,(H,17,18). The fraction of sp³-hybridized carbons (Fsp3) is 0.938. The van der Waals surface area contributed by atoms with E-state index >= 15 is 0 Å². The van der Waals surface area contributed by atoms with Crippen molar-refractivity contribution in [2.24, 2.45) is 16.8 Å². The highest BCUT2D eigenvalue weighted by Crippen LogP contribution is 2.41. The molecule has 1 spiro atoms. The zero-order valence-electron chi connectivity index (χ0n) is 12.4. The van der Waals surface area contributed by atoms with Crippen LogP contribution in [0.4, 0.5) is 0 Å². The van der Waals surface area contributed by atoms with Gasteiger partial charge in [0.25, 0.3) is 0 Å². The molecule has 2 saturated carbocycles. The van der Waals surface area contributed by atoms with E-state index in [4.69, 9.17) is 9.73 Å². The van der Waals surface area contributed by atoms with Crippen LogP contribution in [0.5, 0.6) is 0 Å². The van der Waals surface area contributed by atoms with E-state index in [-0.39, 0.29) is 0 Å². The zero-order chi connectivity index (χ0) is 13.6. The number of ether oxygens (including phenoxy) is 1. The Morgan fingerprint density at radius 2 is 2.00 bits per heavy atom. The minimum Gasteiger partial charge on any atom is -0.376 e. The van der Waals surface area contributed by atoms with Crippen molar-refractivity contribution in [2.75, 3.05) is 12.4 Å². The molecule has 0 radical (unpaired) electrons. The first-order valence-corrected chi connectivity index (χ1v) is 9.33. The first kappa shape index (κ1) is 13.4. The maximum atomic E-state index is 5.91. The minimum absolute atomic E-state index is 0.366. The Morgan fingerprint density at radius 3 is 2.75 bits per heavy atom. The summed E-state index contributed by atoms with van der Waals surface area (Å²) in [5, 5.41) is 5.00. The smallest absolute Gasteiger partial charge is 0.157 e. The molecule has 0 bridgehead atoms. The molecular formula is C16H26N2OS. The highest BCUT2D eigenvalue weighted by molar-refractivity contribution is 8.14. The fourth-order valence-electron chi connectivity index (χ4n) is 3.92. The number of nitrogens with one attached hydrogen (secondary N) is 1. The van der Waals surface area contributed by atoms with Crippen molar-refractivity contribution in [3.63, 3.8) is 0 Å². The molecule has 20 heavy (non-hydrogen) atoms. The second kappa shape index (κ2) is 5.20. The molecule has 4 heteroatoms. The summed E-state index contributed by atoms with van der Waals surface area (Å²) in [7, 11) is 0. The average molecular weight is 294 g/mol. The molecule has 2 unspecified atom stereocenters. The predicted molar refractivity (Wildman–Crippen MR) is 84.3 cm³/mol. The van der Waals surface area contributed by atoms with Crippen molar-refractivity contribution in [1.29, 1.82) is 0 Å². The number of rotatable bonds is 2. The van der Waals surface area contributed by atoms with Crippen LogP contribution in [0.3, 0.4) is 0 Å². The van der Waals surface area contributed by atoms with E-state index in [1.165, 1.54) is 49.4 Å². The van der Waals surface area contributed by atoms with E-state index in [1.807, 2.05) is 11.8 Å². The molecule has 0 aromatic rings. The topological polar surface area (TPSA) is 33.6 Å². The third-order valence-electron chi connectivity index (χ3n) is 5.56. The van der Waals surface area contributed by atoms with Gasteiger partial charge in [0.2, 0.25) is 0 Å². The molecule has 0 amide bonds. The highest BCUT2D eigenvalue weighted by atomic mass is 32.2. The van der Waals surface area contributed by atoms with E-state index in [0.717, 1.165) is 24.9 Å². The zero-order valence-corrected chi connectivity index (χ0v) is 13.3. The van der Waals surface area contributed by atoms with Crippen molar-refractivity contribution in [3.8, 4) is 0 Å². The van der Waals surface area contributed by atoms with E-state index in [9.17, 15) is 0 Å². The molecule has 4 aliphatic rings. The van der Waals surface area contributed by atoms with Crippen molar-refractivity contribution in [3.05, 3.63) is 0 Å². The second-order valence-corrected chi connectivity index (χ2v) is 8.30. The summed E-state index contributed by atoms with van der Waals surface area (Å²) in [6.45, 7) is 3.30. The molecule has 0 aromatic carbocycles. The van der Waals surface area contributed by atoms with E-state index in [0.29, 0.717) is 17.7 Å². The van der Waals surface area contributed by atoms with Gasteiger partial charge in [-0.05, 0) is 56.8 Å². The number of thioether (sulfide) groups is 1. The van der Waals surface area contributed by atoms with Crippen LogP contribution >= 0.6 is 11.8 Å². The van der Waals surface area contributed by atoms with Gasteiger partial charge in [-0.1, -0.05) is 18.7 Å². The lowest BCUT2D eigenvalue weighted by atomic mass is 9.78. The molecule has 2 aliphatic carbocycles. The van der Waals surface area contributed by atoms with Gasteiger partial charge in [-0.15, -0.1) is 0 Å². The van der Waals surface area contributed by atoms with Gasteiger partial charge in [0.1, 0.15) is 0 Å². The van der Waals surface area contributed by atoms with E-state index in [2.05, 4.69) is 12.2 Å². The Balaban J connectivity index is 1.41. The average Bonchev–Trinajstić information content (AvgIpc) is 3.07. The third-order valence-corrected chi connectivity index (χ3v) is 6.74. The normalized spacial score (nSPS) is 47.0. The Kier molecular flexibility index (Phi) is 3.50. The monoisotopic (exact) mass is 294 g/mol. The van der Waals surface area contributed by atoms with E-state index < -0.39 is 0 Å². The first-order chi connectivity index (χ1) is 9.74. The van der Waals surface area contributed by atoms with Gasteiger partial charge >= 0.3 is 0 Å². The molecule has 4 fully saturated rings. The van der Waals surface area contributed by atoms with Crippen LogP contribution in [0.25, 0.3) is 0 Å². The van der Waals surface area contributed by atoms with Gasteiger partial charge in [-0.2, -0.15) is 0 Å². The number of nitrogens with zero attached hydrogens (tertiary/aromatic N) is 1. The van der Waals surface area contributed by atoms with Crippen LogP contribution in [0.2, 0.25) is 0 Å². The Hall–Kier alpha value is -0.220.